The molecule has 3 heteroatoms. The van der Waals surface area contributed by atoms with E-state index < -0.39 is 0 Å². The molecule has 0 unspecified atom stereocenters. The molecule has 1 saturated carbocycles. The van der Waals surface area contributed by atoms with Gasteiger partial charge in [-0.1, -0.05) is 37.8 Å². The zero-order valence-electron chi connectivity index (χ0n) is 12.2. The van der Waals surface area contributed by atoms with Crippen molar-refractivity contribution in [1.82, 2.24) is 5.32 Å². The van der Waals surface area contributed by atoms with Crippen molar-refractivity contribution in [2.45, 2.75) is 63.8 Å². The minimum absolute atomic E-state index is 0.209. The van der Waals surface area contributed by atoms with E-state index in [-0.39, 0.29) is 5.91 Å². The Morgan fingerprint density at radius 3 is 2.65 bits per heavy atom. The molecule has 0 heterocycles. The molecule has 0 aromatic heterocycles. The first-order valence-electron chi connectivity index (χ1n) is 7.88. The van der Waals surface area contributed by atoms with Gasteiger partial charge < -0.3 is 11.1 Å². The van der Waals surface area contributed by atoms with Crippen molar-refractivity contribution in [3.05, 3.63) is 29.8 Å². The smallest absolute Gasteiger partial charge is 0.220 e. The number of rotatable bonds is 5. The van der Waals surface area contributed by atoms with Crippen molar-refractivity contribution in [2.75, 3.05) is 5.73 Å². The normalized spacial score (nSPS) is 16.6. The van der Waals surface area contributed by atoms with Gasteiger partial charge in [0.25, 0.3) is 0 Å². The van der Waals surface area contributed by atoms with Crippen LogP contribution in [-0.2, 0) is 11.2 Å². The fraction of sp³-hybridized carbons (Fsp3) is 0.588. The summed E-state index contributed by atoms with van der Waals surface area (Å²) in [6.07, 6.45) is 9.89. The van der Waals surface area contributed by atoms with E-state index >= 15 is 0 Å². The second-order valence-corrected chi connectivity index (χ2v) is 5.85. The van der Waals surface area contributed by atoms with Crippen LogP contribution in [0.1, 0.15) is 56.9 Å². The number of hydrogen-bond acceptors (Lipinski definition) is 2. The van der Waals surface area contributed by atoms with Gasteiger partial charge in [-0.3, -0.25) is 4.79 Å². The molecule has 0 aliphatic heterocycles. The number of carbonyl (C=O) groups is 1. The Bertz CT molecular complexity index is 423. The van der Waals surface area contributed by atoms with Crippen LogP contribution in [0.4, 0.5) is 5.69 Å². The van der Waals surface area contributed by atoms with Gasteiger partial charge in [0.1, 0.15) is 0 Å². The van der Waals surface area contributed by atoms with Crippen LogP contribution in [-0.4, -0.2) is 11.9 Å². The molecule has 1 aromatic rings. The predicted octanol–water partition coefficient (Wildman–Crippen LogP) is 3.43. The summed E-state index contributed by atoms with van der Waals surface area (Å²) in [5.74, 6) is 0.209. The Labute approximate surface area is 121 Å². The van der Waals surface area contributed by atoms with Crippen LogP contribution in [0.2, 0.25) is 0 Å². The second kappa shape index (κ2) is 7.93. The van der Waals surface area contributed by atoms with Gasteiger partial charge in [-0.15, -0.1) is 0 Å². The van der Waals surface area contributed by atoms with Crippen LogP contribution in [0.25, 0.3) is 0 Å². The highest BCUT2D eigenvalue weighted by Crippen LogP contribution is 2.17. The van der Waals surface area contributed by atoms with E-state index in [1.54, 1.807) is 0 Å². The van der Waals surface area contributed by atoms with Gasteiger partial charge in [-0.25, -0.2) is 0 Å². The van der Waals surface area contributed by atoms with E-state index in [0.717, 1.165) is 31.4 Å². The van der Waals surface area contributed by atoms with E-state index in [0.29, 0.717) is 12.5 Å². The number of amides is 1. The third-order valence-electron chi connectivity index (χ3n) is 4.04. The van der Waals surface area contributed by atoms with Crippen molar-refractivity contribution in [2.24, 2.45) is 0 Å². The number of aryl methyl sites for hydroxylation is 1. The minimum Gasteiger partial charge on any atom is -0.399 e. The summed E-state index contributed by atoms with van der Waals surface area (Å²) in [6.45, 7) is 0. The Kier molecular flexibility index (Phi) is 5.90. The zero-order chi connectivity index (χ0) is 14.2. The lowest BCUT2D eigenvalue weighted by Crippen LogP contribution is -2.34. The average molecular weight is 274 g/mol. The maximum absolute atomic E-state index is 11.9. The van der Waals surface area contributed by atoms with Gasteiger partial charge in [-0.2, -0.15) is 0 Å². The average Bonchev–Trinajstić information content (AvgIpc) is 2.67. The lowest BCUT2D eigenvalue weighted by Gasteiger charge is -2.16. The largest absolute Gasteiger partial charge is 0.399 e. The summed E-state index contributed by atoms with van der Waals surface area (Å²) >= 11 is 0. The minimum atomic E-state index is 0.209. The van der Waals surface area contributed by atoms with E-state index in [4.69, 9.17) is 5.73 Å². The molecule has 1 aliphatic rings. The van der Waals surface area contributed by atoms with Crippen molar-refractivity contribution in [3.63, 3.8) is 0 Å². The fourth-order valence-electron chi connectivity index (χ4n) is 2.93. The summed E-state index contributed by atoms with van der Waals surface area (Å²) in [7, 11) is 0. The third kappa shape index (κ3) is 5.24. The Balaban J connectivity index is 1.67. The standard InChI is InChI=1S/C17H26N2O/c18-15-9-5-7-14(13-15)8-6-12-17(20)19-16-10-3-1-2-4-11-16/h5,7,9,13,16H,1-4,6,8,10-12,18H2,(H,19,20). The number of carbonyl (C=O) groups excluding carboxylic acids is 1. The first-order chi connectivity index (χ1) is 9.74. The Morgan fingerprint density at radius 1 is 1.20 bits per heavy atom. The molecule has 0 spiro atoms. The van der Waals surface area contributed by atoms with Crippen LogP contribution in [0.3, 0.4) is 0 Å². The number of anilines is 1. The van der Waals surface area contributed by atoms with Gasteiger partial charge in [0.2, 0.25) is 5.91 Å². The molecule has 0 atom stereocenters. The maximum Gasteiger partial charge on any atom is 0.220 e. The van der Waals surface area contributed by atoms with Crippen LogP contribution < -0.4 is 11.1 Å². The molecular formula is C17H26N2O. The SMILES string of the molecule is Nc1cccc(CCCC(=O)NC2CCCCCC2)c1. The zero-order valence-corrected chi connectivity index (χ0v) is 12.2. The summed E-state index contributed by atoms with van der Waals surface area (Å²) in [6, 6.07) is 8.33. The number of benzene rings is 1. The lowest BCUT2D eigenvalue weighted by molar-refractivity contribution is -0.121. The molecule has 1 amide bonds. The summed E-state index contributed by atoms with van der Waals surface area (Å²) in [5.41, 5.74) is 7.76. The monoisotopic (exact) mass is 274 g/mol. The fourth-order valence-corrected chi connectivity index (χ4v) is 2.93. The molecule has 1 fully saturated rings. The number of nitrogens with one attached hydrogen (secondary N) is 1. The molecule has 1 aromatic carbocycles. The quantitative estimate of drug-likeness (QED) is 0.638. The van der Waals surface area contributed by atoms with Gasteiger partial charge >= 0.3 is 0 Å². The Morgan fingerprint density at radius 2 is 1.95 bits per heavy atom. The molecule has 0 bridgehead atoms. The van der Waals surface area contributed by atoms with Crippen molar-refractivity contribution in [3.8, 4) is 0 Å². The Hall–Kier alpha value is -1.51. The molecule has 0 radical (unpaired) electrons. The van der Waals surface area contributed by atoms with E-state index in [1.165, 1.54) is 31.2 Å². The predicted molar refractivity (Wildman–Crippen MR) is 83.4 cm³/mol. The molecule has 3 nitrogen and oxygen atoms in total. The topological polar surface area (TPSA) is 55.1 Å². The highest BCUT2D eigenvalue weighted by Gasteiger charge is 2.14. The highest BCUT2D eigenvalue weighted by molar-refractivity contribution is 5.76. The van der Waals surface area contributed by atoms with Crippen LogP contribution in [0.15, 0.2) is 24.3 Å². The highest BCUT2D eigenvalue weighted by atomic mass is 16.1. The van der Waals surface area contributed by atoms with Gasteiger partial charge in [-0.05, 0) is 43.4 Å². The first-order valence-corrected chi connectivity index (χ1v) is 7.88. The summed E-state index contributed by atoms with van der Waals surface area (Å²) in [4.78, 5) is 11.9. The number of nitrogens with two attached hydrogens (primary N) is 1. The molecule has 20 heavy (non-hydrogen) atoms. The van der Waals surface area contributed by atoms with Crippen molar-refractivity contribution in [1.29, 1.82) is 0 Å². The van der Waals surface area contributed by atoms with Crippen LogP contribution in [0.5, 0.6) is 0 Å². The maximum atomic E-state index is 11.9. The molecular weight excluding hydrogens is 248 g/mol. The summed E-state index contributed by atoms with van der Waals surface area (Å²) < 4.78 is 0. The number of hydrogen-bond donors (Lipinski definition) is 2. The van der Waals surface area contributed by atoms with Gasteiger partial charge in [0.15, 0.2) is 0 Å². The summed E-state index contributed by atoms with van der Waals surface area (Å²) in [5, 5.41) is 3.19. The lowest BCUT2D eigenvalue weighted by atomic mass is 10.1. The first kappa shape index (κ1) is 14.9. The van der Waals surface area contributed by atoms with Crippen LogP contribution >= 0.6 is 0 Å². The third-order valence-corrected chi connectivity index (χ3v) is 4.04. The van der Waals surface area contributed by atoms with Gasteiger partial charge in [0, 0.05) is 18.2 Å². The molecule has 1 aliphatic carbocycles. The van der Waals surface area contributed by atoms with E-state index in [9.17, 15) is 4.79 Å². The second-order valence-electron chi connectivity index (χ2n) is 5.85. The molecule has 2 rings (SSSR count). The van der Waals surface area contributed by atoms with Crippen LogP contribution in [0, 0.1) is 0 Å². The van der Waals surface area contributed by atoms with Gasteiger partial charge in [0.05, 0.1) is 0 Å². The van der Waals surface area contributed by atoms with E-state index in [1.807, 2.05) is 18.2 Å². The van der Waals surface area contributed by atoms with E-state index in [2.05, 4.69) is 11.4 Å². The van der Waals surface area contributed by atoms with Crippen molar-refractivity contribution < 1.29 is 4.79 Å². The molecule has 3 N–H and O–H groups in total. The number of nitrogen functional groups attached to an aromatic ring is 1. The molecule has 0 saturated heterocycles. The molecule has 110 valence electrons. The van der Waals surface area contributed by atoms with Crippen molar-refractivity contribution >= 4 is 11.6 Å².